The Kier molecular flexibility index (Phi) is 4.86. The number of fused-ring (bicyclic) bond motifs is 1. The number of benzene rings is 2. The van der Waals surface area contributed by atoms with Gasteiger partial charge >= 0.3 is 10.1 Å². The van der Waals surface area contributed by atoms with Crippen LogP contribution in [0.5, 0.6) is 5.75 Å². The maximum Gasteiger partial charge on any atom is 0.339 e. The van der Waals surface area contributed by atoms with Crippen LogP contribution in [0.1, 0.15) is 12.8 Å². The number of hydrogen-bond donors (Lipinski definition) is 3. The van der Waals surface area contributed by atoms with E-state index in [0.29, 0.717) is 29.2 Å². The molecule has 148 valence electrons. The Balaban J connectivity index is 1.50. The van der Waals surface area contributed by atoms with Crippen molar-refractivity contribution in [2.24, 2.45) is 5.92 Å². The van der Waals surface area contributed by atoms with Gasteiger partial charge in [-0.25, -0.2) is 4.98 Å². The molecule has 1 aromatic heterocycles. The van der Waals surface area contributed by atoms with Gasteiger partial charge in [-0.1, -0.05) is 5.92 Å². The van der Waals surface area contributed by atoms with E-state index in [-0.39, 0.29) is 22.5 Å². The summed E-state index contributed by atoms with van der Waals surface area (Å²) in [5.41, 5.74) is 1.85. The lowest BCUT2D eigenvalue weighted by Crippen LogP contribution is -2.14. The highest BCUT2D eigenvalue weighted by molar-refractivity contribution is 7.87. The van der Waals surface area contributed by atoms with Gasteiger partial charge in [-0.15, -0.1) is 6.42 Å². The van der Waals surface area contributed by atoms with E-state index in [1.807, 2.05) is 0 Å². The predicted octanol–water partition coefficient (Wildman–Crippen LogP) is 2.72. The maximum atomic E-state index is 12.5. The Hall–Kier alpha value is -3.51. The zero-order valence-electron chi connectivity index (χ0n) is 15.3. The fourth-order valence-electron chi connectivity index (χ4n) is 2.73. The molecular formula is C20H18N4O4S. The summed E-state index contributed by atoms with van der Waals surface area (Å²) in [6, 6.07) is 10.8. The SMILES string of the molecule is C#CCNc1ccc(S(=O)(=O)Oc2ccc3[nH]c(NC(=O)C4CC4)nc3c2)cc1. The van der Waals surface area contributed by atoms with E-state index in [2.05, 4.69) is 26.5 Å². The number of nitrogens with zero attached hydrogens (tertiary/aromatic N) is 1. The molecule has 1 aliphatic carbocycles. The molecule has 1 fully saturated rings. The van der Waals surface area contributed by atoms with Crippen LogP contribution in [0.4, 0.5) is 11.6 Å². The van der Waals surface area contributed by atoms with E-state index in [1.54, 1.807) is 18.2 Å². The smallest absolute Gasteiger partial charge is 0.339 e. The van der Waals surface area contributed by atoms with Crippen LogP contribution in [0, 0.1) is 18.3 Å². The summed E-state index contributed by atoms with van der Waals surface area (Å²) in [7, 11) is -4.01. The lowest BCUT2D eigenvalue weighted by atomic mass is 10.3. The Bertz CT molecular complexity index is 1210. The molecule has 0 atom stereocenters. The number of terminal acetylenes is 1. The molecule has 8 nitrogen and oxygen atoms in total. The molecule has 1 heterocycles. The third kappa shape index (κ3) is 4.33. The van der Waals surface area contributed by atoms with Crippen molar-refractivity contribution in [2.75, 3.05) is 17.2 Å². The molecular weight excluding hydrogens is 392 g/mol. The van der Waals surface area contributed by atoms with Crippen LogP contribution < -0.4 is 14.8 Å². The first kappa shape index (κ1) is 18.8. The third-order valence-corrected chi connectivity index (χ3v) is 5.65. The minimum absolute atomic E-state index is 0.0169. The highest BCUT2D eigenvalue weighted by Gasteiger charge is 2.30. The second-order valence-electron chi connectivity index (χ2n) is 6.65. The molecule has 0 radical (unpaired) electrons. The number of imidazole rings is 1. The van der Waals surface area contributed by atoms with Gasteiger partial charge in [0.1, 0.15) is 10.6 Å². The third-order valence-electron chi connectivity index (χ3n) is 4.39. The van der Waals surface area contributed by atoms with Gasteiger partial charge in [0.25, 0.3) is 0 Å². The molecule has 3 aromatic rings. The molecule has 1 aliphatic rings. The van der Waals surface area contributed by atoms with Gasteiger partial charge in [-0.3, -0.25) is 10.1 Å². The maximum absolute atomic E-state index is 12.5. The lowest BCUT2D eigenvalue weighted by molar-refractivity contribution is -0.117. The van der Waals surface area contributed by atoms with E-state index in [0.717, 1.165) is 12.8 Å². The number of carbonyl (C=O) groups excluding carboxylic acids is 1. The first-order chi connectivity index (χ1) is 13.9. The van der Waals surface area contributed by atoms with E-state index >= 15 is 0 Å². The standard InChI is InChI=1S/C20H18N4O4S/c1-2-11-21-14-5-8-16(9-6-14)29(26,27)28-15-7-10-17-18(12-15)23-20(22-17)24-19(25)13-3-4-13/h1,5-10,12-13,21H,3-4,11H2,(H2,22,23,24,25). The Morgan fingerprint density at radius 1 is 1.24 bits per heavy atom. The number of aromatic amines is 1. The average molecular weight is 410 g/mol. The molecule has 0 aliphatic heterocycles. The largest absolute Gasteiger partial charge is 0.379 e. The number of nitrogens with one attached hydrogen (secondary N) is 3. The first-order valence-corrected chi connectivity index (χ1v) is 10.4. The van der Waals surface area contributed by atoms with Crippen molar-refractivity contribution in [1.29, 1.82) is 0 Å². The number of aromatic nitrogens is 2. The normalized spacial score (nSPS) is 13.6. The topological polar surface area (TPSA) is 113 Å². The van der Waals surface area contributed by atoms with Gasteiger partial charge in [0.05, 0.1) is 17.6 Å². The minimum Gasteiger partial charge on any atom is -0.379 e. The summed E-state index contributed by atoms with van der Waals surface area (Å²) in [6.07, 6.45) is 6.97. The van der Waals surface area contributed by atoms with Gasteiger partial charge in [0, 0.05) is 17.7 Å². The Morgan fingerprint density at radius 2 is 2.00 bits per heavy atom. The van der Waals surface area contributed by atoms with Crippen LogP contribution in [0.15, 0.2) is 47.4 Å². The van der Waals surface area contributed by atoms with Crippen LogP contribution in [0.2, 0.25) is 0 Å². The second kappa shape index (κ2) is 7.48. The molecule has 1 amide bonds. The Morgan fingerprint density at radius 3 is 2.69 bits per heavy atom. The van der Waals surface area contributed by atoms with Crippen LogP contribution >= 0.6 is 0 Å². The van der Waals surface area contributed by atoms with Crippen molar-refractivity contribution in [1.82, 2.24) is 9.97 Å². The number of H-pyrrole nitrogens is 1. The van der Waals surface area contributed by atoms with Gasteiger partial charge in [-0.05, 0) is 49.2 Å². The summed E-state index contributed by atoms with van der Waals surface area (Å²) >= 11 is 0. The quantitative estimate of drug-likeness (QED) is 0.408. The number of rotatable bonds is 7. The van der Waals surface area contributed by atoms with Crippen molar-refractivity contribution in [3.8, 4) is 18.1 Å². The predicted molar refractivity (Wildman–Crippen MR) is 109 cm³/mol. The zero-order chi connectivity index (χ0) is 20.4. The summed E-state index contributed by atoms with van der Waals surface area (Å²) < 4.78 is 30.3. The average Bonchev–Trinajstić information content (AvgIpc) is 3.47. The number of hydrogen-bond acceptors (Lipinski definition) is 6. The molecule has 29 heavy (non-hydrogen) atoms. The number of amides is 1. The van der Waals surface area contributed by atoms with E-state index in [4.69, 9.17) is 10.6 Å². The molecule has 2 aromatic carbocycles. The number of carbonyl (C=O) groups is 1. The summed E-state index contributed by atoms with van der Waals surface area (Å²) in [4.78, 5) is 19.1. The molecule has 4 rings (SSSR count). The summed E-state index contributed by atoms with van der Waals surface area (Å²) in [5, 5.41) is 5.68. The first-order valence-electron chi connectivity index (χ1n) is 8.97. The van der Waals surface area contributed by atoms with E-state index in [1.165, 1.54) is 24.3 Å². The van der Waals surface area contributed by atoms with Crippen molar-refractivity contribution in [3.05, 3.63) is 42.5 Å². The molecule has 0 unspecified atom stereocenters. The van der Waals surface area contributed by atoms with Crippen molar-refractivity contribution < 1.29 is 17.4 Å². The summed E-state index contributed by atoms with van der Waals surface area (Å²) in [6.45, 7) is 0.343. The molecule has 3 N–H and O–H groups in total. The molecule has 0 bridgehead atoms. The van der Waals surface area contributed by atoms with Crippen LogP contribution in [-0.2, 0) is 14.9 Å². The number of anilines is 2. The highest BCUT2D eigenvalue weighted by Crippen LogP contribution is 2.30. The fourth-order valence-corrected chi connectivity index (χ4v) is 3.65. The van der Waals surface area contributed by atoms with Crippen LogP contribution in [0.3, 0.4) is 0 Å². The van der Waals surface area contributed by atoms with Crippen molar-refractivity contribution >= 4 is 38.7 Å². The van der Waals surface area contributed by atoms with E-state index in [9.17, 15) is 13.2 Å². The molecule has 0 spiro atoms. The van der Waals surface area contributed by atoms with Gasteiger partial charge in [0.15, 0.2) is 0 Å². The van der Waals surface area contributed by atoms with E-state index < -0.39 is 10.1 Å². The molecule has 0 saturated heterocycles. The van der Waals surface area contributed by atoms with Crippen molar-refractivity contribution in [3.63, 3.8) is 0 Å². The molecule has 1 saturated carbocycles. The van der Waals surface area contributed by atoms with Crippen molar-refractivity contribution in [2.45, 2.75) is 17.7 Å². The van der Waals surface area contributed by atoms with Crippen LogP contribution in [-0.4, -0.2) is 30.8 Å². The monoisotopic (exact) mass is 410 g/mol. The summed E-state index contributed by atoms with van der Waals surface area (Å²) in [5.74, 6) is 2.88. The fraction of sp³-hybridized carbons (Fsp3) is 0.200. The van der Waals surface area contributed by atoms with Crippen LogP contribution in [0.25, 0.3) is 11.0 Å². The highest BCUT2D eigenvalue weighted by atomic mass is 32.2. The van der Waals surface area contributed by atoms with Gasteiger partial charge < -0.3 is 14.5 Å². The second-order valence-corrected chi connectivity index (χ2v) is 8.19. The van der Waals surface area contributed by atoms with Gasteiger partial charge in [0.2, 0.25) is 11.9 Å². The Labute approximate surface area is 167 Å². The molecule has 9 heteroatoms. The minimum atomic E-state index is -4.01. The lowest BCUT2D eigenvalue weighted by Gasteiger charge is -2.08. The van der Waals surface area contributed by atoms with Gasteiger partial charge in [-0.2, -0.15) is 8.42 Å². The zero-order valence-corrected chi connectivity index (χ0v) is 16.1.